The Morgan fingerprint density at radius 3 is 2.56 bits per heavy atom. The summed E-state index contributed by atoms with van der Waals surface area (Å²) in [6.45, 7) is 7.18. The lowest BCUT2D eigenvalue weighted by Gasteiger charge is -2.31. The zero-order valence-electron chi connectivity index (χ0n) is 21.0. The van der Waals surface area contributed by atoms with Crippen molar-refractivity contribution >= 4 is 31.6 Å². The van der Waals surface area contributed by atoms with E-state index in [0.29, 0.717) is 26.1 Å². The second kappa shape index (κ2) is 9.37. The fraction of sp³-hybridized carbons (Fsp3) is 0.481. The van der Waals surface area contributed by atoms with Gasteiger partial charge in [0.25, 0.3) is 5.91 Å². The Kier molecular flexibility index (Phi) is 6.53. The van der Waals surface area contributed by atoms with Gasteiger partial charge in [-0.3, -0.25) is 9.59 Å². The van der Waals surface area contributed by atoms with Crippen molar-refractivity contribution in [3.05, 3.63) is 59.7 Å². The maximum Gasteiger partial charge on any atom is 0.264 e. The number of carbonyl (C=O) groups excluding carboxylic acids is 2. The van der Waals surface area contributed by atoms with Gasteiger partial charge in [-0.05, 0) is 43.3 Å². The third-order valence-corrected chi connectivity index (χ3v) is 10.4. The predicted molar refractivity (Wildman–Crippen MR) is 139 cm³/mol. The summed E-state index contributed by atoms with van der Waals surface area (Å²) in [5.41, 5.74) is 1.65. The Balaban J connectivity index is 1.46. The summed E-state index contributed by atoms with van der Waals surface area (Å²) in [6.07, 6.45) is -0.205. The predicted octanol–water partition coefficient (Wildman–Crippen LogP) is 3.33. The maximum atomic E-state index is 15.5. The largest absolute Gasteiger partial charge is 0.396 e. The molecule has 3 aliphatic heterocycles. The van der Waals surface area contributed by atoms with Crippen LogP contribution < -0.4 is 15.1 Å². The van der Waals surface area contributed by atoms with Crippen molar-refractivity contribution < 1.29 is 23.5 Å². The van der Waals surface area contributed by atoms with Crippen LogP contribution >= 0.6 is 0 Å². The highest BCUT2D eigenvalue weighted by Crippen LogP contribution is 2.60. The van der Waals surface area contributed by atoms with Gasteiger partial charge in [0.05, 0.1) is 24.9 Å². The van der Waals surface area contributed by atoms with Gasteiger partial charge in [0.15, 0.2) is 5.60 Å². The van der Waals surface area contributed by atoms with E-state index in [0.717, 1.165) is 29.0 Å². The summed E-state index contributed by atoms with van der Waals surface area (Å²) in [6, 6.07) is 15.3. The van der Waals surface area contributed by atoms with Crippen LogP contribution in [0.25, 0.3) is 0 Å². The van der Waals surface area contributed by atoms with Crippen molar-refractivity contribution in [1.29, 1.82) is 0 Å². The molecule has 0 aliphatic carbocycles. The number of piperazine rings is 1. The number of rotatable bonds is 6. The second-order valence-electron chi connectivity index (χ2n) is 10.6. The highest BCUT2D eigenvalue weighted by atomic mass is 28.4. The minimum absolute atomic E-state index is 0.0401. The number of fused-ring (bicyclic) bond motifs is 2. The molecule has 192 valence electrons. The van der Waals surface area contributed by atoms with Crippen LogP contribution in [0, 0.1) is 5.92 Å². The molecule has 2 fully saturated rings. The highest BCUT2D eigenvalue weighted by Gasteiger charge is 2.66. The number of amides is 2. The third-order valence-electron chi connectivity index (χ3n) is 7.96. The number of benzene rings is 2. The molecule has 2 N–H and O–H groups in total. The molecule has 2 aromatic carbocycles. The van der Waals surface area contributed by atoms with E-state index in [4.69, 9.17) is 4.74 Å². The highest BCUT2D eigenvalue weighted by molar-refractivity contribution is 6.72. The lowest BCUT2D eigenvalue weighted by molar-refractivity contribution is -0.146. The van der Waals surface area contributed by atoms with Crippen LogP contribution in [0.5, 0.6) is 0 Å². The van der Waals surface area contributed by atoms with Gasteiger partial charge in [0.1, 0.15) is 0 Å². The van der Waals surface area contributed by atoms with Crippen LogP contribution in [0.15, 0.2) is 48.5 Å². The van der Waals surface area contributed by atoms with E-state index in [9.17, 15) is 14.7 Å². The Morgan fingerprint density at radius 2 is 1.89 bits per heavy atom. The van der Waals surface area contributed by atoms with Crippen molar-refractivity contribution in [3.63, 3.8) is 0 Å². The number of carbonyl (C=O) groups is 2. The number of para-hydroxylation sites is 1. The Labute approximate surface area is 212 Å². The van der Waals surface area contributed by atoms with Gasteiger partial charge >= 0.3 is 0 Å². The van der Waals surface area contributed by atoms with Crippen molar-refractivity contribution in [2.75, 3.05) is 36.0 Å². The maximum absolute atomic E-state index is 15.5. The molecule has 2 aromatic rings. The second-order valence-corrected chi connectivity index (χ2v) is 14.4. The Morgan fingerprint density at radius 1 is 1.17 bits per heavy atom. The fourth-order valence-corrected chi connectivity index (χ4v) is 8.94. The van der Waals surface area contributed by atoms with Crippen LogP contribution in [0.1, 0.15) is 24.5 Å². The smallest absolute Gasteiger partial charge is 0.264 e. The van der Waals surface area contributed by atoms with E-state index >= 15 is 4.11 Å². The van der Waals surface area contributed by atoms with Crippen LogP contribution in [0.2, 0.25) is 18.6 Å². The van der Waals surface area contributed by atoms with Crippen molar-refractivity contribution in [1.82, 2.24) is 5.32 Å². The van der Waals surface area contributed by atoms with Gasteiger partial charge in [0, 0.05) is 42.4 Å². The van der Waals surface area contributed by atoms with Crippen molar-refractivity contribution in [2.24, 2.45) is 5.92 Å². The number of ether oxygens (including phenoxy) is 1. The quantitative estimate of drug-likeness (QED) is 0.459. The van der Waals surface area contributed by atoms with Crippen LogP contribution in [0.3, 0.4) is 0 Å². The van der Waals surface area contributed by atoms with E-state index in [2.05, 4.69) is 5.32 Å². The molecular formula is C27H34FN3O4Si. The summed E-state index contributed by atoms with van der Waals surface area (Å²) in [5.74, 6) is -0.500. The van der Waals surface area contributed by atoms with Gasteiger partial charge < -0.3 is 29.1 Å². The molecule has 0 aromatic heterocycles. The SMILES string of the molecule is C[C@@H]1[C@@H]([Si](C)(C)F)[C@H](CCO)O[C@@]12C(=O)N(Cc1ccc(N3CCNCC3=O)cc1)c1ccccc12. The van der Waals surface area contributed by atoms with Crippen LogP contribution in [-0.2, 0) is 26.5 Å². The molecule has 0 radical (unpaired) electrons. The molecular weight excluding hydrogens is 477 g/mol. The lowest BCUT2D eigenvalue weighted by atomic mass is 9.82. The molecule has 3 aliphatic rings. The van der Waals surface area contributed by atoms with E-state index in [1.165, 1.54) is 0 Å². The van der Waals surface area contributed by atoms with E-state index < -0.39 is 25.7 Å². The number of hydrogen-bond acceptors (Lipinski definition) is 5. The van der Waals surface area contributed by atoms with Crippen LogP contribution in [-0.4, -0.2) is 57.7 Å². The Hall–Kier alpha value is -2.59. The van der Waals surface area contributed by atoms with Gasteiger partial charge in [-0.25, -0.2) is 0 Å². The molecule has 9 heteroatoms. The number of nitrogens with one attached hydrogen (secondary N) is 1. The number of aliphatic hydroxyl groups excluding tert-OH is 1. The number of hydrogen-bond donors (Lipinski definition) is 2. The minimum Gasteiger partial charge on any atom is -0.396 e. The monoisotopic (exact) mass is 511 g/mol. The molecule has 3 heterocycles. The van der Waals surface area contributed by atoms with Gasteiger partial charge in [-0.15, -0.1) is 0 Å². The van der Waals surface area contributed by atoms with Gasteiger partial charge in [-0.2, -0.15) is 0 Å². The standard InChI is InChI=1S/C27H34FN3O4Si/c1-18-25(36(2,3)28)23(12-15-32)35-27(18)21-6-4-5-7-22(21)31(26(27)34)17-19-8-10-20(11-9-19)30-14-13-29-16-24(30)33/h4-11,18,23,25,29,32H,12-17H2,1-3H3/t18-,23+,25-,27+/m1/s1. The summed E-state index contributed by atoms with van der Waals surface area (Å²) in [4.78, 5) is 29.9. The average Bonchev–Trinajstić information content (AvgIpc) is 3.27. The first-order chi connectivity index (χ1) is 17.2. The molecule has 0 saturated carbocycles. The molecule has 0 unspecified atom stereocenters. The summed E-state index contributed by atoms with van der Waals surface area (Å²) in [5, 5.41) is 12.7. The number of nitrogens with zero attached hydrogens (tertiary/aromatic N) is 2. The molecule has 5 rings (SSSR count). The van der Waals surface area contributed by atoms with E-state index in [1.807, 2.05) is 55.5 Å². The first-order valence-electron chi connectivity index (χ1n) is 12.7. The van der Waals surface area contributed by atoms with Crippen molar-refractivity contribution in [3.8, 4) is 0 Å². The third kappa shape index (κ3) is 3.98. The normalized spacial score (nSPS) is 28.3. The Bertz CT molecular complexity index is 1150. The molecule has 36 heavy (non-hydrogen) atoms. The molecule has 4 atom stereocenters. The van der Waals surface area contributed by atoms with Gasteiger partial charge in [-0.1, -0.05) is 37.3 Å². The van der Waals surface area contributed by atoms with Crippen LogP contribution in [0.4, 0.5) is 15.5 Å². The lowest BCUT2D eigenvalue weighted by Crippen LogP contribution is -2.48. The molecule has 0 bridgehead atoms. The van der Waals surface area contributed by atoms with E-state index in [1.54, 1.807) is 22.9 Å². The first-order valence-corrected chi connectivity index (χ1v) is 15.6. The van der Waals surface area contributed by atoms with Crippen molar-refractivity contribution in [2.45, 2.75) is 50.2 Å². The van der Waals surface area contributed by atoms with E-state index in [-0.39, 0.29) is 24.3 Å². The van der Waals surface area contributed by atoms with Gasteiger partial charge in [0.2, 0.25) is 14.3 Å². The number of aliphatic hydroxyl groups is 1. The molecule has 2 saturated heterocycles. The average molecular weight is 512 g/mol. The number of halogens is 1. The topological polar surface area (TPSA) is 82.1 Å². The minimum atomic E-state index is -3.20. The zero-order chi connectivity index (χ0) is 25.7. The summed E-state index contributed by atoms with van der Waals surface area (Å²) < 4.78 is 22.1. The first kappa shape index (κ1) is 25.1. The molecule has 7 nitrogen and oxygen atoms in total. The fourth-order valence-electron chi connectivity index (χ4n) is 6.40. The molecule has 1 spiro atoms. The summed E-state index contributed by atoms with van der Waals surface area (Å²) >= 11 is 0. The zero-order valence-corrected chi connectivity index (χ0v) is 22.0. The number of anilines is 2. The summed E-state index contributed by atoms with van der Waals surface area (Å²) in [7, 11) is -3.20. The molecule has 2 amide bonds.